The van der Waals surface area contributed by atoms with Gasteiger partial charge in [-0.3, -0.25) is 9.20 Å². The Bertz CT molecular complexity index is 1600. The third-order valence-corrected chi connectivity index (χ3v) is 7.58. The number of anilines is 1. The van der Waals surface area contributed by atoms with Crippen molar-refractivity contribution in [1.29, 1.82) is 0 Å². The zero-order valence-corrected chi connectivity index (χ0v) is 24.7. The quantitative estimate of drug-likeness (QED) is 0.273. The Kier molecular flexibility index (Phi) is 8.50. The third-order valence-electron chi connectivity index (χ3n) is 6.83. The average Bonchev–Trinajstić information content (AvgIpc) is 3.38. The van der Waals surface area contributed by atoms with E-state index in [9.17, 15) is 4.79 Å². The number of halogens is 2. The van der Waals surface area contributed by atoms with Gasteiger partial charge in [0.15, 0.2) is 5.65 Å². The van der Waals surface area contributed by atoms with Crippen LogP contribution in [-0.2, 0) is 16.1 Å². The monoisotopic (exact) mass is 599 g/mol. The SMILES string of the molecule is C=CC(=O)N[C@@H]1COCC[C@@H]1Nc1ncc2cc(-c3c(Cl)c(OC)cc(OC)c3Cl)c3nc(CN(C)C)cn3c2n1. The van der Waals surface area contributed by atoms with Crippen LogP contribution in [0.4, 0.5) is 5.95 Å². The molecule has 216 valence electrons. The van der Waals surface area contributed by atoms with Crippen molar-refractivity contribution in [2.24, 2.45) is 0 Å². The standard InChI is InChI=1S/C28H31Cl2N7O4/c1-6-22(38)33-19-14-41-8-7-18(19)34-28-31-11-15-9-17(23-24(29)20(39-4)10-21(40-5)25(23)30)27-32-16(12-36(2)3)13-37(27)26(15)35-28/h6,9-11,13,18-19H,1,7-8,12,14H2,2-5H3,(H,33,38)(H,31,34,35)/t18-,19+/m0/s1. The van der Waals surface area contributed by atoms with E-state index in [1.54, 1.807) is 12.3 Å². The maximum Gasteiger partial charge on any atom is 0.243 e. The number of amides is 1. The van der Waals surface area contributed by atoms with Gasteiger partial charge in [-0.2, -0.15) is 4.98 Å². The highest BCUT2D eigenvalue weighted by molar-refractivity contribution is 6.41. The normalized spacial score (nSPS) is 17.1. The second kappa shape index (κ2) is 12.1. The second-order valence-corrected chi connectivity index (χ2v) is 10.7. The average molecular weight is 601 g/mol. The van der Waals surface area contributed by atoms with E-state index in [4.69, 9.17) is 47.4 Å². The van der Waals surface area contributed by atoms with Crippen LogP contribution in [0.3, 0.4) is 0 Å². The van der Waals surface area contributed by atoms with Crippen LogP contribution in [0.1, 0.15) is 12.1 Å². The summed E-state index contributed by atoms with van der Waals surface area (Å²) in [6.07, 6.45) is 5.59. The fraction of sp³-hybridized carbons (Fsp3) is 0.357. The molecule has 2 N–H and O–H groups in total. The van der Waals surface area contributed by atoms with Gasteiger partial charge in [0.2, 0.25) is 11.9 Å². The van der Waals surface area contributed by atoms with Crippen LogP contribution in [0, 0.1) is 0 Å². The van der Waals surface area contributed by atoms with E-state index in [2.05, 4.69) is 22.2 Å². The number of nitrogens with zero attached hydrogens (tertiary/aromatic N) is 5. The van der Waals surface area contributed by atoms with Gasteiger partial charge in [-0.1, -0.05) is 29.8 Å². The molecule has 1 aromatic carbocycles. The molecule has 13 heteroatoms. The lowest BCUT2D eigenvalue weighted by atomic mass is 10.0. The second-order valence-electron chi connectivity index (χ2n) is 9.91. The van der Waals surface area contributed by atoms with Crippen LogP contribution in [0.25, 0.3) is 27.8 Å². The Labute approximate surface area is 247 Å². The van der Waals surface area contributed by atoms with Gasteiger partial charge in [0.05, 0.1) is 48.6 Å². The van der Waals surface area contributed by atoms with E-state index >= 15 is 0 Å². The van der Waals surface area contributed by atoms with Crippen molar-refractivity contribution in [2.45, 2.75) is 25.0 Å². The molecule has 0 saturated carbocycles. The Hall–Kier alpha value is -3.64. The molecule has 0 radical (unpaired) electrons. The number of hydrogen-bond donors (Lipinski definition) is 2. The molecule has 1 aliphatic heterocycles. The van der Waals surface area contributed by atoms with Crippen LogP contribution in [-0.4, -0.2) is 83.8 Å². The molecule has 11 nitrogen and oxygen atoms in total. The number of benzene rings is 1. The topological polar surface area (TPSA) is 115 Å². The first-order chi connectivity index (χ1) is 19.7. The van der Waals surface area contributed by atoms with Gasteiger partial charge < -0.3 is 29.7 Å². The van der Waals surface area contributed by atoms with E-state index in [-0.39, 0.29) is 18.0 Å². The first kappa shape index (κ1) is 28.9. The number of methoxy groups -OCH3 is 2. The molecule has 3 aromatic heterocycles. The van der Waals surface area contributed by atoms with Crippen molar-refractivity contribution in [3.63, 3.8) is 0 Å². The fourth-order valence-electron chi connectivity index (χ4n) is 4.91. The number of imidazole rings is 1. The van der Waals surface area contributed by atoms with Crippen LogP contribution in [0.2, 0.25) is 10.0 Å². The third kappa shape index (κ3) is 5.76. The van der Waals surface area contributed by atoms with Gasteiger partial charge in [-0.25, -0.2) is 9.97 Å². The summed E-state index contributed by atoms with van der Waals surface area (Å²) >= 11 is 13.6. The molecule has 1 aliphatic rings. The Morgan fingerprint density at radius 1 is 1.17 bits per heavy atom. The predicted molar refractivity (Wildman–Crippen MR) is 159 cm³/mol. The van der Waals surface area contributed by atoms with Gasteiger partial charge in [-0.05, 0) is 32.7 Å². The number of pyridine rings is 1. The van der Waals surface area contributed by atoms with E-state index in [1.807, 2.05) is 35.7 Å². The largest absolute Gasteiger partial charge is 0.495 e. The number of fused-ring (bicyclic) bond motifs is 3. The predicted octanol–water partition coefficient (Wildman–Crippen LogP) is 4.20. The minimum absolute atomic E-state index is 0.131. The Morgan fingerprint density at radius 3 is 2.56 bits per heavy atom. The van der Waals surface area contributed by atoms with E-state index in [1.165, 1.54) is 20.3 Å². The minimum atomic E-state index is -0.265. The lowest BCUT2D eigenvalue weighted by Gasteiger charge is -2.32. The summed E-state index contributed by atoms with van der Waals surface area (Å²) in [5.41, 5.74) is 3.29. The maximum atomic E-state index is 12.0. The van der Waals surface area contributed by atoms with Crippen LogP contribution in [0.5, 0.6) is 11.5 Å². The molecule has 1 saturated heterocycles. The maximum absolute atomic E-state index is 12.0. The molecule has 4 aromatic rings. The van der Waals surface area contributed by atoms with E-state index in [0.717, 1.165) is 11.1 Å². The summed E-state index contributed by atoms with van der Waals surface area (Å²) < 4.78 is 18.5. The lowest BCUT2D eigenvalue weighted by Crippen LogP contribution is -2.52. The lowest BCUT2D eigenvalue weighted by molar-refractivity contribution is -0.118. The summed E-state index contributed by atoms with van der Waals surface area (Å²) in [4.78, 5) is 28.4. The molecule has 4 heterocycles. The van der Waals surface area contributed by atoms with Gasteiger partial charge in [0.1, 0.15) is 17.1 Å². The molecule has 0 unspecified atom stereocenters. The molecule has 2 atom stereocenters. The van der Waals surface area contributed by atoms with Crippen LogP contribution in [0.15, 0.2) is 37.2 Å². The van der Waals surface area contributed by atoms with E-state index < -0.39 is 0 Å². The Balaban J connectivity index is 1.65. The van der Waals surface area contributed by atoms with Gasteiger partial charge in [-0.15, -0.1) is 0 Å². The number of carbonyl (C=O) groups is 1. The number of aromatic nitrogens is 4. The highest BCUT2D eigenvalue weighted by Gasteiger charge is 2.28. The number of rotatable bonds is 9. The van der Waals surface area contributed by atoms with Crippen molar-refractivity contribution in [2.75, 3.05) is 46.8 Å². The number of ether oxygens (including phenoxy) is 3. The van der Waals surface area contributed by atoms with Gasteiger partial charge >= 0.3 is 0 Å². The van der Waals surface area contributed by atoms with Crippen molar-refractivity contribution in [3.8, 4) is 22.6 Å². The summed E-state index contributed by atoms with van der Waals surface area (Å²) in [5, 5.41) is 7.71. The molecule has 1 fully saturated rings. The number of hydrogen-bond acceptors (Lipinski definition) is 9. The molecule has 0 bridgehead atoms. The molecular weight excluding hydrogens is 569 g/mol. The van der Waals surface area contributed by atoms with Crippen molar-refractivity contribution in [1.82, 2.24) is 29.6 Å². The first-order valence-electron chi connectivity index (χ1n) is 12.9. The summed E-state index contributed by atoms with van der Waals surface area (Å²) in [5.74, 6) is 0.996. The van der Waals surface area contributed by atoms with Crippen molar-refractivity contribution < 1.29 is 19.0 Å². The zero-order valence-electron chi connectivity index (χ0n) is 23.2. The zero-order chi connectivity index (χ0) is 29.3. The highest BCUT2D eigenvalue weighted by Crippen LogP contribution is 2.47. The highest BCUT2D eigenvalue weighted by atomic mass is 35.5. The van der Waals surface area contributed by atoms with Crippen LogP contribution >= 0.6 is 23.2 Å². The summed E-state index contributed by atoms with van der Waals surface area (Å²) in [6.45, 7) is 5.07. The minimum Gasteiger partial charge on any atom is -0.495 e. The van der Waals surface area contributed by atoms with Crippen molar-refractivity contribution in [3.05, 3.63) is 52.9 Å². The van der Waals surface area contributed by atoms with Gasteiger partial charge in [0, 0.05) is 48.1 Å². The van der Waals surface area contributed by atoms with E-state index in [0.29, 0.717) is 76.1 Å². The van der Waals surface area contributed by atoms with Crippen molar-refractivity contribution >= 4 is 51.7 Å². The molecule has 0 aliphatic carbocycles. The smallest absolute Gasteiger partial charge is 0.243 e. The van der Waals surface area contributed by atoms with Crippen LogP contribution < -0.4 is 20.1 Å². The molecule has 41 heavy (non-hydrogen) atoms. The molecular formula is C28H31Cl2N7O4. The molecule has 0 spiro atoms. The number of carbonyl (C=O) groups excluding carboxylic acids is 1. The van der Waals surface area contributed by atoms with Gasteiger partial charge in [0.25, 0.3) is 0 Å². The summed E-state index contributed by atoms with van der Waals surface area (Å²) in [6, 6.07) is 3.17. The fourth-order valence-corrected chi connectivity index (χ4v) is 5.62. The first-order valence-corrected chi connectivity index (χ1v) is 13.7. The Morgan fingerprint density at radius 2 is 1.90 bits per heavy atom. The molecule has 5 rings (SSSR count). The molecule has 1 amide bonds. The number of nitrogens with one attached hydrogen (secondary N) is 2. The summed E-state index contributed by atoms with van der Waals surface area (Å²) in [7, 11) is 7.02.